The Hall–Kier alpha value is -2.93. The minimum absolute atomic E-state index is 0.0690. The Morgan fingerprint density at radius 3 is 2.59 bits per heavy atom. The van der Waals surface area contributed by atoms with Crippen LogP contribution in [0.3, 0.4) is 0 Å². The van der Waals surface area contributed by atoms with Gasteiger partial charge < -0.3 is 9.55 Å². The maximum Gasteiger partial charge on any atom is 0.258 e. The first-order valence-electron chi connectivity index (χ1n) is 8.81. The lowest BCUT2D eigenvalue weighted by atomic mass is 10.2. The molecule has 0 amide bonds. The van der Waals surface area contributed by atoms with Crippen LogP contribution in [0.5, 0.6) is 0 Å². The fourth-order valence-electron chi connectivity index (χ4n) is 2.97. The third-order valence-electron chi connectivity index (χ3n) is 4.36. The summed E-state index contributed by atoms with van der Waals surface area (Å²) in [6, 6.07) is 17.4. The molecular weight excluding hydrogens is 358 g/mol. The number of para-hydroxylation sites is 1. The summed E-state index contributed by atoms with van der Waals surface area (Å²) < 4.78 is 2.08. The van der Waals surface area contributed by atoms with Gasteiger partial charge in [0.1, 0.15) is 5.82 Å². The Kier molecular flexibility index (Phi) is 4.77. The molecule has 0 aliphatic rings. The minimum atomic E-state index is -0.120. The van der Waals surface area contributed by atoms with Gasteiger partial charge in [0.2, 0.25) is 0 Å². The van der Waals surface area contributed by atoms with E-state index in [4.69, 9.17) is 0 Å². The second kappa shape index (κ2) is 7.36. The summed E-state index contributed by atoms with van der Waals surface area (Å²) in [5.41, 5.74) is 1.61. The molecule has 7 heteroatoms. The number of benzene rings is 2. The fourth-order valence-corrected chi connectivity index (χ4v) is 3.94. The predicted octanol–water partition coefficient (Wildman–Crippen LogP) is 4.05. The largest absolute Gasteiger partial charge is 0.309 e. The summed E-state index contributed by atoms with van der Waals surface area (Å²) in [4.78, 5) is 19.9. The van der Waals surface area contributed by atoms with Crippen LogP contribution in [-0.4, -0.2) is 24.7 Å². The highest BCUT2D eigenvalue weighted by Gasteiger charge is 2.18. The maximum atomic E-state index is 12.3. The van der Waals surface area contributed by atoms with E-state index in [1.54, 1.807) is 6.07 Å². The Morgan fingerprint density at radius 2 is 1.81 bits per heavy atom. The van der Waals surface area contributed by atoms with Crippen LogP contribution in [0.4, 0.5) is 0 Å². The van der Waals surface area contributed by atoms with Gasteiger partial charge in [-0.05, 0) is 26.0 Å². The third kappa shape index (κ3) is 3.38. The highest BCUT2D eigenvalue weighted by Crippen LogP contribution is 2.33. The molecule has 2 aromatic heterocycles. The first-order chi connectivity index (χ1) is 13.2. The number of aromatic nitrogens is 5. The molecule has 2 heterocycles. The van der Waals surface area contributed by atoms with E-state index in [-0.39, 0.29) is 10.8 Å². The van der Waals surface area contributed by atoms with E-state index >= 15 is 0 Å². The number of thioether (sulfide) groups is 1. The van der Waals surface area contributed by atoms with Gasteiger partial charge in [0.15, 0.2) is 11.0 Å². The number of nitrogens with zero attached hydrogens (tertiary/aromatic N) is 4. The van der Waals surface area contributed by atoms with Crippen LogP contribution < -0.4 is 5.56 Å². The second-order valence-corrected chi connectivity index (χ2v) is 7.45. The average Bonchev–Trinajstić information content (AvgIpc) is 3.11. The molecule has 0 unspecified atom stereocenters. The summed E-state index contributed by atoms with van der Waals surface area (Å²) in [5.74, 6) is 1.48. The number of nitrogens with one attached hydrogen (secondary N) is 1. The zero-order valence-electron chi connectivity index (χ0n) is 15.1. The van der Waals surface area contributed by atoms with Crippen molar-refractivity contribution in [1.29, 1.82) is 0 Å². The van der Waals surface area contributed by atoms with Gasteiger partial charge in [-0.15, -0.1) is 10.2 Å². The summed E-state index contributed by atoms with van der Waals surface area (Å²) in [5, 5.41) is 10.1. The molecule has 0 fully saturated rings. The van der Waals surface area contributed by atoms with Gasteiger partial charge in [-0.3, -0.25) is 4.79 Å². The van der Waals surface area contributed by atoms with Crippen molar-refractivity contribution in [3.63, 3.8) is 0 Å². The van der Waals surface area contributed by atoms with E-state index < -0.39 is 0 Å². The van der Waals surface area contributed by atoms with Crippen molar-refractivity contribution in [3.05, 3.63) is 70.8 Å². The SMILES string of the molecule is CCn1c(S[C@@H](C)c2nc3ccccc3c(=O)[nH]2)nnc1-c1ccccc1. The van der Waals surface area contributed by atoms with E-state index in [1.165, 1.54) is 11.8 Å². The van der Waals surface area contributed by atoms with Gasteiger partial charge >= 0.3 is 0 Å². The molecule has 4 rings (SSSR count). The first-order valence-corrected chi connectivity index (χ1v) is 9.69. The molecule has 0 aliphatic carbocycles. The van der Waals surface area contributed by atoms with E-state index in [1.807, 2.05) is 55.5 Å². The molecule has 4 aromatic rings. The average molecular weight is 377 g/mol. The quantitative estimate of drug-likeness (QED) is 0.531. The summed E-state index contributed by atoms with van der Waals surface area (Å²) in [6.07, 6.45) is 0. The van der Waals surface area contributed by atoms with Crippen molar-refractivity contribution in [2.24, 2.45) is 0 Å². The van der Waals surface area contributed by atoms with Crippen molar-refractivity contribution >= 4 is 22.7 Å². The smallest absolute Gasteiger partial charge is 0.258 e. The van der Waals surface area contributed by atoms with Gasteiger partial charge in [0.05, 0.1) is 16.2 Å². The van der Waals surface area contributed by atoms with Crippen molar-refractivity contribution in [2.75, 3.05) is 0 Å². The van der Waals surface area contributed by atoms with Crippen LogP contribution in [0.25, 0.3) is 22.3 Å². The van der Waals surface area contributed by atoms with Gasteiger partial charge in [-0.2, -0.15) is 0 Å². The van der Waals surface area contributed by atoms with E-state index in [2.05, 4.69) is 31.7 Å². The lowest BCUT2D eigenvalue weighted by Gasteiger charge is -2.12. The van der Waals surface area contributed by atoms with E-state index in [9.17, 15) is 4.79 Å². The monoisotopic (exact) mass is 377 g/mol. The Bertz CT molecular complexity index is 1140. The molecule has 27 heavy (non-hydrogen) atoms. The zero-order valence-corrected chi connectivity index (χ0v) is 15.9. The van der Waals surface area contributed by atoms with Crippen LogP contribution in [0.1, 0.15) is 24.9 Å². The molecular formula is C20H19N5OS. The van der Waals surface area contributed by atoms with Gasteiger partial charge in [0, 0.05) is 12.1 Å². The van der Waals surface area contributed by atoms with Crippen LogP contribution >= 0.6 is 11.8 Å². The summed E-state index contributed by atoms with van der Waals surface area (Å²) in [7, 11) is 0. The van der Waals surface area contributed by atoms with Gasteiger partial charge in [0.25, 0.3) is 5.56 Å². The Labute approximate surface area is 160 Å². The molecule has 6 nitrogen and oxygen atoms in total. The molecule has 1 N–H and O–H groups in total. The molecule has 0 saturated carbocycles. The molecule has 1 atom stereocenters. The van der Waals surface area contributed by atoms with E-state index in [0.717, 1.165) is 23.1 Å². The standard InChI is InChI=1S/C20H19N5OS/c1-3-25-18(14-9-5-4-6-10-14)23-24-20(25)27-13(2)17-21-16-12-8-7-11-15(16)19(26)22-17/h4-13H,3H2,1-2H3,(H,21,22,26)/t13-/m0/s1. The minimum Gasteiger partial charge on any atom is -0.309 e. The van der Waals surface area contributed by atoms with Crippen molar-refractivity contribution in [3.8, 4) is 11.4 Å². The number of rotatable bonds is 5. The second-order valence-electron chi connectivity index (χ2n) is 6.14. The Balaban J connectivity index is 1.67. The molecule has 2 aromatic carbocycles. The number of fused-ring (bicyclic) bond motifs is 1. The zero-order chi connectivity index (χ0) is 18.8. The molecule has 0 saturated heterocycles. The van der Waals surface area contributed by atoms with E-state index in [0.29, 0.717) is 16.7 Å². The maximum absolute atomic E-state index is 12.3. The highest BCUT2D eigenvalue weighted by molar-refractivity contribution is 7.99. The first kappa shape index (κ1) is 17.5. The predicted molar refractivity (Wildman–Crippen MR) is 108 cm³/mol. The summed E-state index contributed by atoms with van der Waals surface area (Å²) in [6.45, 7) is 4.84. The topological polar surface area (TPSA) is 76.5 Å². The number of aromatic amines is 1. The highest BCUT2D eigenvalue weighted by atomic mass is 32.2. The molecule has 0 bridgehead atoms. The third-order valence-corrected chi connectivity index (χ3v) is 5.45. The molecule has 0 spiro atoms. The lowest BCUT2D eigenvalue weighted by Crippen LogP contribution is -2.13. The van der Waals surface area contributed by atoms with Crippen LogP contribution in [0.15, 0.2) is 64.5 Å². The molecule has 0 radical (unpaired) electrons. The number of hydrogen-bond donors (Lipinski definition) is 1. The molecule has 136 valence electrons. The van der Waals surface area contributed by atoms with Crippen LogP contribution in [-0.2, 0) is 6.54 Å². The van der Waals surface area contributed by atoms with Crippen molar-refractivity contribution in [1.82, 2.24) is 24.7 Å². The number of H-pyrrole nitrogens is 1. The number of hydrogen-bond acceptors (Lipinski definition) is 5. The van der Waals surface area contributed by atoms with Crippen molar-refractivity contribution < 1.29 is 0 Å². The fraction of sp³-hybridized carbons (Fsp3) is 0.200. The van der Waals surface area contributed by atoms with Gasteiger partial charge in [-0.1, -0.05) is 54.2 Å². The summed E-state index contributed by atoms with van der Waals surface area (Å²) >= 11 is 1.54. The lowest BCUT2D eigenvalue weighted by molar-refractivity contribution is 0.685. The Morgan fingerprint density at radius 1 is 1.07 bits per heavy atom. The normalized spacial score (nSPS) is 12.4. The van der Waals surface area contributed by atoms with Crippen LogP contribution in [0, 0.1) is 0 Å². The van der Waals surface area contributed by atoms with Crippen LogP contribution in [0.2, 0.25) is 0 Å². The van der Waals surface area contributed by atoms with Gasteiger partial charge in [-0.25, -0.2) is 4.98 Å². The van der Waals surface area contributed by atoms with Crippen molar-refractivity contribution in [2.45, 2.75) is 30.8 Å². The molecule has 0 aliphatic heterocycles.